The van der Waals surface area contributed by atoms with Crippen molar-refractivity contribution in [2.24, 2.45) is 5.92 Å². The van der Waals surface area contributed by atoms with Gasteiger partial charge in [-0.3, -0.25) is 4.79 Å². The lowest BCUT2D eigenvalue weighted by Gasteiger charge is -2.21. The van der Waals surface area contributed by atoms with E-state index < -0.39 is 12.0 Å². The molecule has 1 aromatic rings. The Morgan fingerprint density at radius 3 is 2.13 bits per heavy atom. The van der Waals surface area contributed by atoms with E-state index in [-0.39, 0.29) is 18.4 Å². The molecule has 0 radical (unpaired) electrons. The minimum absolute atomic E-state index is 0.265. The number of likely N-dealkylation sites (N-methyl/N-ethyl adjacent to an activating group) is 1. The lowest BCUT2D eigenvalue weighted by molar-refractivity contribution is -0.142. The van der Waals surface area contributed by atoms with E-state index in [2.05, 4.69) is 19.2 Å². The second-order valence-corrected chi connectivity index (χ2v) is 6.72. The maximum atomic E-state index is 12.3. The Labute approximate surface area is 138 Å². The topological polar surface area (TPSA) is 69.6 Å². The molecule has 1 rings (SSSR count). The summed E-state index contributed by atoms with van der Waals surface area (Å²) < 4.78 is 0. The first kappa shape index (κ1) is 19.2. The Hall–Kier alpha value is -1.88. The molecular formula is C18H28N2O3. The van der Waals surface area contributed by atoms with Gasteiger partial charge in [0.1, 0.15) is 6.04 Å². The van der Waals surface area contributed by atoms with Gasteiger partial charge >= 0.3 is 5.97 Å². The summed E-state index contributed by atoms with van der Waals surface area (Å²) >= 11 is 0. The molecule has 0 aliphatic heterocycles. The van der Waals surface area contributed by atoms with Gasteiger partial charge in [-0.2, -0.15) is 0 Å². The molecule has 128 valence electrons. The van der Waals surface area contributed by atoms with Crippen molar-refractivity contribution in [2.75, 3.05) is 20.6 Å². The largest absolute Gasteiger partial charge is 0.480 e. The van der Waals surface area contributed by atoms with Crippen LogP contribution in [0.1, 0.15) is 37.8 Å². The highest BCUT2D eigenvalue weighted by Crippen LogP contribution is 2.18. The van der Waals surface area contributed by atoms with E-state index in [4.69, 9.17) is 0 Å². The van der Waals surface area contributed by atoms with E-state index in [0.29, 0.717) is 5.92 Å². The van der Waals surface area contributed by atoms with E-state index in [1.165, 1.54) is 5.56 Å². The molecule has 5 heteroatoms. The lowest BCUT2D eigenvalue weighted by atomic mass is 9.96. The zero-order valence-electron chi connectivity index (χ0n) is 14.7. The van der Waals surface area contributed by atoms with Gasteiger partial charge in [-0.15, -0.1) is 0 Å². The van der Waals surface area contributed by atoms with Crippen LogP contribution in [0, 0.1) is 5.92 Å². The number of carboxylic acid groups (broad SMARTS) is 1. The third-order valence-electron chi connectivity index (χ3n) is 3.68. The Balaban J connectivity index is 2.73. The maximum absolute atomic E-state index is 12.3. The SMILES string of the molecule is CC(C)Cc1ccc([C@H](C)C(=O)NC(CN(C)C)C(=O)O)cc1. The van der Waals surface area contributed by atoms with Gasteiger partial charge in [-0.25, -0.2) is 4.79 Å². The van der Waals surface area contributed by atoms with Crippen LogP contribution in [0.15, 0.2) is 24.3 Å². The fraction of sp³-hybridized carbons (Fsp3) is 0.556. The number of hydrogen-bond acceptors (Lipinski definition) is 3. The monoisotopic (exact) mass is 320 g/mol. The standard InChI is InChI=1S/C18H28N2O3/c1-12(2)10-14-6-8-15(9-7-14)13(3)17(21)19-16(18(22)23)11-20(4)5/h6-9,12-13,16H,10-11H2,1-5H3,(H,19,21)(H,22,23)/t13-,16?/m0/s1. The van der Waals surface area contributed by atoms with Crippen LogP contribution >= 0.6 is 0 Å². The van der Waals surface area contributed by atoms with Crippen molar-refractivity contribution in [2.45, 2.75) is 39.2 Å². The summed E-state index contributed by atoms with van der Waals surface area (Å²) in [6, 6.07) is 7.06. The molecule has 0 saturated carbocycles. The van der Waals surface area contributed by atoms with Crippen LogP contribution in [0.25, 0.3) is 0 Å². The molecule has 0 fully saturated rings. The van der Waals surface area contributed by atoms with Gasteiger partial charge in [0.2, 0.25) is 5.91 Å². The molecule has 1 amide bonds. The van der Waals surface area contributed by atoms with E-state index in [1.807, 2.05) is 24.3 Å². The number of hydrogen-bond donors (Lipinski definition) is 2. The minimum Gasteiger partial charge on any atom is -0.480 e. The fourth-order valence-corrected chi connectivity index (χ4v) is 2.41. The number of carbonyl (C=O) groups is 2. The first-order valence-corrected chi connectivity index (χ1v) is 7.97. The highest BCUT2D eigenvalue weighted by atomic mass is 16.4. The van der Waals surface area contributed by atoms with Crippen LogP contribution in [0.5, 0.6) is 0 Å². The van der Waals surface area contributed by atoms with Gasteiger partial charge in [-0.1, -0.05) is 38.1 Å². The smallest absolute Gasteiger partial charge is 0.327 e. The van der Waals surface area contributed by atoms with Crippen molar-refractivity contribution in [3.8, 4) is 0 Å². The van der Waals surface area contributed by atoms with Gasteiger partial charge < -0.3 is 15.3 Å². The third kappa shape index (κ3) is 6.40. The predicted octanol–water partition coefficient (Wildman–Crippen LogP) is 2.12. The summed E-state index contributed by atoms with van der Waals surface area (Å²) in [5.41, 5.74) is 2.14. The Bertz CT molecular complexity index is 524. The summed E-state index contributed by atoms with van der Waals surface area (Å²) in [5, 5.41) is 11.8. The zero-order valence-corrected chi connectivity index (χ0v) is 14.7. The molecular weight excluding hydrogens is 292 g/mol. The molecule has 0 bridgehead atoms. The average molecular weight is 320 g/mol. The third-order valence-corrected chi connectivity index (χ3v) is 3.68. The van der Waals surface area contributed by atoms with Gasteiger partial charge in [0.15, 0.2) is 0 Å². The summed E-state index contributed by atoms with van der Waals surface area (Å²) in [4.78, 5) is 25.3. The molecule has 5 nitrogen and oxygen atoms in total. The van der Waals surface area contributed by atoms with Crippen molar-refractivity contribution < 1.29 is 14.7 Å². The molecule has 1 unspecified atom stereocenters. The Kier molecular flexibility index (Phi) is 7.23. The molecule has 0 aliphatic carbocycles. The fourth-order valence-electron chi connectivity index (χ4n) is 2.41. The number of amides is 1. The molecule has 0 aromatic heterocycles. The lowest BCUT2D eigenvalue weighted by Crippen LogP contribution is -2.48. The van der Waals surface area contributed by atoms with Crippen molar-refractivity contribution in [1.29, 1.82) is 0 Å². The van der Waals surface area contributed by atoms with Gasteiger partial charge in [-0.05, 0) is 44.5 Å². The number of nitrogens with one attached hydrogen (secondary N) is 1. The van der Waals surface area contributed by atoms with Crippen LogP contribution in [0.2, 0.25) is 0 Å². The normalized spacial score (nSPS) is 13.9. The molecule has 23 heavy (non-hydrogen) atoms. The van der Waals surface area contributed by atoms with E-state index in [1.54, 1.807) is 25.9 Å². The summed E-state index contributed by atoms with van der Waals surface area (Å²) in [7, 11) is 3.55. The molecule has 0 spiro atoms. The molecule has 0 saturated heterocycles. The average Bonchev–Trinajstić information content (AvgIpc) is 2.45. The van der Waals surface area contributed by atoms with Crippen LogP contribution in [-0.4, -0.2) is 48.6 Å². The Morgan fingerprint density at radius 1 is 1.13 bits per heavy atom. The van der Waals surface area contributed by atoms with Crippen molar-refractivity contribution >= 4 is 11.9 Å². The molecule has 0 aliphatic rings. The number of carbonyl (C=O) groups excluding carboxylic acids is 1. The van der Waals surface area contributed by atoms with Crippen LogP contribution in [0.3, 0.4) is 0 Å². The number of benzene rings is 1. The molecule has 2 N–H and O–H groups in total. The van der Waals surface area contributed by atoms with Gasteiger partial charge in [0.25, 0.3) is 0 Å². The maximum Gasteiger partial charge on any atom is 0.327 e. The molecule has 2 atom stereocenters. The molecule has 0 heterocycles. The second-order valence-electron chi connectivity index (χ2n) is 6.72. The van der Waals surface area contributed by atoms with Crippen molar-refractivity contribution in [3.63, 3.8) is 0 Å². The van der Waals surface area contributed by atoms with Gasteiger partial charge in [0.05, 0.1) is 5.92 Å². The van der Waals surface area contributed by atoms with Crippen LogP contribution < -0.4 is 5.32 Å². The number of nitrogens with zero attached hydrogens (tertiary/aromatic N) is 1. The minimum atomic E-state index is -1.02. The van der Waals surface area contributed by atoms with Crippen molar-refractivity contribution in [3.05, 3.63) is 35.4 Å². The van der Waals surface area contributed by atoms with Crippen LogP contribution in [-0.2, 0) is 16.0 Å². The number of rotatable bonds is 8. The first-order chi connectivity index (χ1) is 10.7. The number of aliphatic carboxylic acids is 1. The van der Waals surface area contributed by atoms with E-state index in [9.17, 15) is 14.7 Å². The molecule has 1 aromatic carbocycles. The number of carboxylic acids is 1. The van der Waals surface area contributed by atoms with E-state index in [0.717, 1.165) is 12.0 Å². The second kappa shape index (κ2) is 8.67. The highest BCUT2D eigenvalue weighted by molar-refractivity contribution is 5.87. The predicted molar refractivity (Wildman–Crippen MR) is 91.5 cm³/mol. The first-order valence-electron chi connectivity index (χ1n) is 7.97. The van der Waals surface area contributed by atoms with E-state index >= 15 is 0 Å². The highest BCUT2D eigenvalue weighted by Gasteiger charge is 2.24. The zero-order chi connectivity index (χ0) is 17.6. The van der Waals surface area contributed by atoms with Crippen molar-refractivity contribution in [1.82, 2.24) is 10.2 Å². The summed E-state index contributed by atoms with van der Waals surface area (Å²) in [6.07, 6.45) is 1.00. The Morgan fingerprint density at radius 2 is 1.70 bits per heavy atom. The summed E-state index contributed by atoms with van der Waals surface area (Å²) in [6.45, 7) is 6.39. The quantitative estimate of drug-likeness (QED) is 0.770. The van der Waals surface area contributed by atoms with Gasteiger partial charge in [0, 0.05) is 6.54 Å². The van der Waals surface area contributed by atoms with Crippen LogP contribution in [0.4, 0.5) is 0 Å². The summed E-state index contributed by atoms with van der Waals surface area (Å²) in [5.74, 6) is -1.08.